The molecule has 158 valence electrons. The minimum Gasteiger partial charge on any atom is -0.393 e. The number of hydrogen-bond acceptors (Lipinski definition) is 3. The standard InChI is InChI=1S/C25H40O3/c1-15-9-10-25(27-14-15)12-20-22(28-25)11-19-18-8-7-16-5-3-4-6-17(16)23(18)21(26)13-24(19,20)2/h15-23,26H,3-14H2,1-2H3/t15-,16+,17+,18+,19-,20-,21-,22+,23+,24-,25+/m1/s1. The highest BCUT2D eigenvalue weighted by molar-refractivity contribution is 5.13. The van der Waals surface area contributed by atoms with E-state index < -0.39 is 0 Å². The van der Waals surface area contributed by atoms with E-state index in [4.69, 9.17) is 9.47 Å². The summed E-state index contributed by atoms with van der Waals surface area (Å²) in [5.41, 5.74) is 0.253. The Morgan fingerprint density at radius 3 is 2.61 bits per heavy atom. The van der Waals surface area contributed by atoms with Gasteiger partial charge < -0.3 is 14.6 Å². The Kier molecular flexibility index (Phi) is 4.28. The number of ether oxygens (including phenoxy) is 2. The van der Waals surface area contributed by atoms with Gasteiger partial charge >= 0.3 is 0 Å². The van der Waals surface area contributed by atoms with Gasteiger partial charge in [0.1, 0.15) is 0 Å². The van der Waals surface area contributed by atoms with Gasteiger partial charge in [-0.3, -0.25) is 0 Å². The maximum Gasteiger partial charge on any atom is 0.169 e. The first-order valence-corrected chi connectivity index (χ1v) is 12.5. The zero-order chi connectivity index (χ0) is 19.1. The van der Waals surface area contributed by atoms with E-state index in [1.54, 1.807) is 0 Å². The van der Waals surface area contributed by atoms with Gasteiger partial charge in [-0.15, -0.1) is 0 Å². The highest BCUT2D eigenvalue weighted by atomic mass is 16.7. The van der Waals surface area contributed by atoms with Gasteiger partial charge in [0.25, 0.3) is 0 Å². The molecule has 0 unspecified atom stereocenters. The highest BCUT2D eigenvalue weighted by Crippen LogP contribution is 2.68. The highest BCUT2D eigenvalue weighted by Gasteiger charge is 2.66. The lowest BCUT2D eigenvalue weighted by Gasteiger charge is -2.57. The molecule has 0 bridgehead atoms. The fourth-order valence-corrected chi connectivity index (χ4v) is 9.32. The molecule has 0 aromatic heterocycles. The first kappa shape index (κ1) is 18.6. The molecule has 4 aliphatic carbocycles. The molecule has 1 N–H and O–H groups in total. The van der Waals surface area contributed by atoms with E-state index in [0.29, 0.717) is 23.9 Å². The predicted octanol–water partition coefficient (Wildman–Crippen LogP) is 5.16. The number of fused-ring (bicyclic) bond motifs is 7. The fraction of sp³-hybridized carbons (Fsp3) is 1.00. The molecule has 6 rings (SSSR count). The third kappa shape index (κ3) is 2.57. The second kappa shape index (κ2) is 6.44. The summed E-state index contributed by atoms with van der Waals surface area (Å²) in [5, 5.41) is 11.4. The molecule has 4 saturated carbocycles. The molecule has 6 aliphatic rings. The van der Waals surface area contributed by atoms with Crippen LogP contribution in [0.4, 0.5) is 0 Å². The van der Waals surface area contributed by atoms with Gasteiger partial charge in [0.2, 0.25) is 0 Å². The Labute approximate surface area is 170 Å². The Hall–Kier alpha value is -0.120. The second-order valence-corrected chi connectivity index (χ2v) is 12.0. The van der Waals surface area contributed by atoms with Gasteiger partial charge in [-0.05, 0) is 85.4 Å². The minimum atomic E-state index is -0.293. The minimum absolute atomic E-state index is 0.0836. The summed E-state index contributed by atoms with van der Waals surface area (Å²) in [6.45, 7) is 5.66. The molecule has 1 spiro atoms. The van der Waals surface area contributed by atoms with Crippen molar-refractivity contribution in [2.45, 2.75) is 102 Å². The summed E-state index contributed by atoms with van der Waals surface area (Å²) in [7, 11) is 0. The molecule has 6 fully saturated rings. The largest absolute Gasteiger partial charge is 0.393 e. The molecular weight excluding hydrogens is 348 g/mol. The van der Waals surface area contributed by atoms with Crippen LogP contribution in [0.15, 0.2) is 0 Å². The van der Waals surface area contributed by atoms with E-state index in [1.807, 2.05) is 0 Å². The summed E-state index contributed by atoms with van der Waals surface area (Å²) < 4.78 is 13.1. The van der Waals surface area contributed by atoms with E-state index in [9.17, 15) is 5.11 Å². The second-order valence-electron chi connectivity index (χ2n) is 12.0. The number of aliphatic hydroxyl groups excluding tert-OH is 1. The molecular formula is C25H40O3. The topological polar surface area (TPSA) is 38.7 Å². The van der Waals surface area contributed by atoms with Crippen molar-refractivity contribution in [3.05, 3.63) is 0 Å². The van der Waals surface area contributed by atoms with Crippen molar-refractivity contribution >= 4 is 0 Å². The van der Waals surface area contributed by atoms with Crippen LogP contribution in [0, 0.1) is 46.8 Å². The molecule has 0 amide bonds. The van der Waals surface area contributed by atoms with Gasteiger partial charge in [0.15, 0.2) is 5.79 Å². The van der Waals surface area contributed by atoms with Crippen LogP contribution in [-0.4, -0.2) is 29.7 Å². The predicted molar refractivity (Wildman–Crippen MR) is 109 cm³/mol. The lowest BCUT2D eigenvalue weighted by Crippen LogP contribution is -2.54. The first-order valence-electron chi connectivity index (χ1n) is 12.5. The first-order chi connectivity index (χ1) is 13.5. The van der Waals surface area contributed by atoms with Crippen LogP contribution in [-0.2, 0) is 9.47 Å². The average Bonchev–Trinajstić information content (AvgIpc) is 3.17. The molecule has 3 heteroatoms. The van der Waals surface area contributed by atoms with Crippen LogP contribution < -0.4 is 0 Å². The monoisotopic (exact) mass is 388 g/mol. The number of rotatable bonds is 0. The van der Waals surface area contributed by atoms with Gasteiger partial charge in [-0.25, -0.2) is 0 Å². The van der Waals surface area contributed by atoms with Crippen molar-refractivity contribution in [1.82, 2.24) is 0 Å². The van der Waals surface area contributed by atoms with Crippen LogP contribution in [0.5, 0.6) is 0 Å². The zero-order valence-electron chi connectivity index (χ0n) is 17.9. The summed E-state index contributed by atoms with van der Waals surface area (Å²) in [4.78, 5) is 0. The molecule has 2 aliphatic heterocycles. The molecule has 0 aromatic carbocycles. The molecule has 0 radical (unpaired) electrons. The van der Waals surface area contributed by atoms with Crippen LogP contribution in [0.3, 0.4) is 0 Å². The normalized spacial score (nSPS) is 60.8. The van der Waals surface area contributed by atoms with Gasteiger partial charge in [-0.1, -0.05) is 33.1 Å². The van der Waals surface area contributed by atoms with E-state index in [1.165, 1.54) is 51.4 Å². The lowest BCUT2D eigenvalue weighted by atomic mass is 9.48. The van der Waals surface area contributed by atoms with Crippen molar-refractivity contribution < 1.29 is 14.6 Å². The van der Waals surface area contributed by atoms with Crippen molar-refractivity contribution in [3.63, 3.8) is 0 Å². The SMILES string of the molecule is C[C@@H]1CC[C@]2(C[C@@H]3[C@H](C[C@@H]4[C@@H]5CC[C@@H]6CCCC[C@@H]6[C@@H]5[C@H](O)C[C@]43C)O2)OC1. The molecule has 2 heterocycles. The van der Waals surface area contributed by atoms with Crippen LogP contribution in [0.2, 0.25) is 0 Å². The Balaban J connectivity index is 1.25. The van der Waals surface area contributed by atoms with E-state index >= 15 is 0 Å². The maximum atomic E-state index is 11.4. The maximum absolute atomic E-state index is 11.4. The third-order valence-electron chi connectivity index (χ3n) is 10.6. The smallest absolute Gasteiger partial charge is 0.169 e. The van der Waals surface area contributed by atoms with Gasteiger partial charge in [-0.2, -0.15) is 0 Å². The molecule has 0 aromatic rings. The van der Waals surface area contributed by atoms with Crippen molar-refractivity contribution in [2.24, 2.45) is 46.8 Å². The molecule has 3 nitrogen and oxygen atoms in total. The Morgan fingerprint density at radius 2 is 1.79 bits per heavy atom. The molecule has 28 heavy (non-hydrogen) atoms. The van der Waals surface area contributed by atoms with Crippen molar-refractivity contribution in [2.75, 3.05) is 6.61 Å². The molecule has 11 atom stereocenters. The summed E-state index contributed by atoms with van der Waals surface area (Å²) in [6.07, 6.45) is 14.3. The van der Waals surface area contributed by atoms with Crippen LogP contribution in [0.1, 0.15) is 84.5 Å². The van der Waals surface area contributed by atoms with Gasteiger partial charge in [0, 0.05) is 12.8 Å². The third-order valence-corrected chi connectivity index (χ3v) is 10.6. The zero-order valence-corrected chi connectivity index (χ0v) is 17.9. The van der Waals surface area contributed by atoms with E-state index in [-0.39, 0.29) is 17.3 Å². The van der Waals surface area contributed by atoms with Crippen LogP contribution >= 0.6 is 0 Å². The summed E-state index contributed by atoms with van der Waals surface area (Å²) in [6, 6.07) is 0. The van der Waals surface area contributed by atoms with E-state index in [0.717, 1.165) is 49.5 Å². The summed E-state index contributed by atoms with van der Waals surface area (Å²) in [5.74, 6) is 4.76. The van der Waals surface area contributed by atoms with Gasteiger partial charge in [0.05, 0.1) is 18.8 Å². The van der Waals surface area contributed by atoms with Crippen molar-refractivity contribution in [1.29, 1.82) is 0 Å². The quantitative estimate of drug-likeness (QED) is 0.623. The lowest BCUT2D eigenvalue weighted by molar-refractivity contribution is -0.256. The fourth-order valence-electron chi connectivity index (χ4n) is 9.32. The number of aliphatic hydroxyl groups is 1. The summed E-state index contributed by atoms with van der Waals surface area (Å²) >= 11 is 0. The van der Waals surface area contributed by atoms with E-state index in [2.05, 4.69) is 13.8 Å². The van der Waals surface area contributed by atoms with Crippen molar-refractivity contribution in [3.8, 4) is 0 Å². The molecule has 2 saturated heterocycles. The number of hydrogen-bond donors (Lipinski definition) is 1. The Morgan fingerprint density at radius 1 is 0.929 bits per heavy atom. The Bertz CT molecular complexity index is 611. The average molecular weight is 389 g/mol. The van der Waals surface area contributed by atoms with Crippen LogP contribution in [0.25, 0.3) is 0 Å².